The minimum atomic E-state index is -0.224. The summed E-state index contributed by atoms with van der Waals surface area (Å²) in [5, 5.41) is 7.77. The van der Waals surface area contributed by atoms with Crippen LogP contribution in [0.4, 0.5) is 0 Å². The van der Waals surface area contributed by atoms with E-state index in [-0.39, 0.29) is 11.8 Å². The molecule has 0 aliphatic rings. The Kier molecular flexibility index (Phi) is 5.20. The van der Waals surface area contributed by atoms with Crippen LogP contribution >= 0.6 is 0 Å². The van der Waals surface area contributed by atoms with Crippen LogP contribution < -0.4 is 0 Å². The standard InChI is InChI=1S/C15H17N3O3/c1-2-21-14(19)9-6-10-18-11-13(16-17-18)15(20)12-7-4-3-5-8-12/h3-5,7-8,11H,2,6,9-10H2,1H3. The molecule has 21 heavy (non-hydrogen) atoms. The average molecular weight is 287 g/mol. The van der Waals surface area contributed by atoms with Crippen LogP contribution in [0.3, 0.4) is 0 Å². The third-order valence-electron chi connectivity index (χ3n) is 2.88. The lowest BCUT2D eigenvalue weighted by molar-refractivity contribution is -0.143. The summed E-state index contributed by atoms with van der Waals surface area (Å²) in [5.74, 6) is -0.384. The lowest BCUT2D eigenvalue weighted by atomic mass is 10.1. The summed E-state index contributed by atoms with van der Waals surface area (Å²) >= 11 is 0. The van der Waals surface area contributed by atoms with Crippen LogP contribution in [0.25, 0.3) is 0 Å². The maximum atomic E-state index is 12.1. The summed E-state index contributed by atoms with van der Waals surface area (Å²) in [7, 11) is 0. The van der Waals surface area contributed by atoms with E-state index in [1.165, 1.54) is 0 Å². The number of carbonyl (C=O) groups excluding carboxylic acids is 2. The van der Waals surface area contributed by atoms with E-state index in [1.807, 2.05) is 6.07 Å². The maximum absolute atomic E-state index is 12.1. The van der Waals surface area contributed by atoms with Crippen molar-refractivity contribution in [3.63, 3.8) is 0 Å². The normalized spacial score (nSPS) is 10.3. The molecule has 110 valence electrons. The largest absolute Gasteiger partial charge is 0.466 e. The zero-order chi connectivity index (χ0) is 15.1. The summed E-state index contributed by atoms with van der Waals surface area (Å²) in [5.41, 5.74) is 0.883. The van der Waals surface area contributed by atoms with Crippen LogP contribution in [0.15, 0.2) is 36.5 Å². The first-order valence-electron chi connectivity index (χ1n) is 6.86. The summed E-state index contributed by atoms with van der Waals surface area (Å²) in [6, 6.07) is 8.93. The summed E-state index contributed by atoms with van der Waals surface area (Å²) in [6.45, 7) is 2.68. The van der Waals surface area contributed by atoms with Crippen LogP contribution in [0, 0.1) is 0 Å². The van der Waals surface area contributed by atoms with Gasteiger partial charge >= 0.3 is 5.97 Å². The van der Waals surface area contributed by atoms with Crippen molar-refractivity contribution in [2.75, 3.05) is 6.61 Å². The number of hydrogen-bond donors (Lipinski definition) is 0. The zero-order valence-corrected chi connectivity index (χ0v) is 11.9. The van der Waals surface area contributed by atoms with Crippen molar-refractivity contribution in [1.29, 1.82) is 0 Å². The molecule has 0 unspecified atom stereocenters. The van der Waals surface area contributed by atoms with Crippen LogP contribution in [0.2, 0.25) is 0 Å². The van der Waals surface area contributed by atoms with E-state index in [1.54, 1.807) is 42.1 Å². The van der Waals surface area contributed by atoms with Gasteiger partial charge in [0.15, 0.2) is 5.69 Å². The molecule has 0 spiro atoms. The van der Waals surface area contributed by atoms with Crippen LogP contribution in [-0.4, -0.2) is 33.4 Å². The van der Waals surface area contributed by atoms with E-state index in [4.69, 9.17) is 4.74 Å². The van der Waals surface area contributed by atoms with Gasteiger partial charge in [-0.1, -0.05) is 35.5 Å². The van der Waals surface area contributed by atoms with E-state index in [0.29, 0.717) is 37.3 Å². The van der Waals surface area contributed by atoms with Gasteiger partial charge in [0, 0.05) is 18.5 Å². The van der Waals surface area contributed by atoms with Gasteiger partial charge in [0.1, 0.15) is 0 Å². The third-order valence-corrected chi connectivity index (χ3v) is 2.88. The molecule has 0 aliphatic carbocycles. The number of benzene rings is 1. The van der Waals surface area contributed by atoms with Crippen molar-refractivity contribution >= 4 is 11.8 Å². The molecule has 6 heteroatoms. The molecule has 0 radical (unpaired) electrons. The molecular weight excluding hydrogens is 270 g/mol. The minimum absolute atomic E-state index is 0.160. The molecule has 0 saturated carbocycles. The topological polar surface area (TPSA) is 74.1 Å². The number of hydrogen-bond acceptors (Lipinski definition) is 5. The average Bonchev–Trinajstić information content (AvgIpc) is 2.96. The molecule has 1 aromatic carbocycles. The lowest BCUT2D eigenvalue weighted by Gasteiger charge is -2.01. The Morgan fingerprint density at radius 2 is 2.00 bits per heavy atom. The molecule has 0 amide bonds. The number of aromatic nitrogens is 3. The highest BCUT2D eigenvalue weighted by Gasteiger charge is 2.13. The fraction of sp³-hybridized carbons (Fsp3) is 0.333. The molecule has 1 heterocycles. The van der Waals surface area contributed by atoms with Gasteiger partial charge in [-0.3, -0.25) is 14.3 Å². The second kappa shape index (κ2) is 7.33. The van der Waals surface area contributed by atoms with E-state index in [2.05, 4.69) is 10.3 Å². The lowest BCUT2D eigenvalue weighted by Crippen LogP contribution is -2.06. The van der Waals surface area contributed by atoms with E-state index < -0.39 is 0 Å². The molecule has 1 aromatic heterocycles. The fourth-order valence-electron chi connectivity index (χ4n) is 1.87. The first-order valence-corrected chi connectivity index (χ1v) is 6.86. The minimum Gasteiger partial charge on any atom is -0.466 e. The van der Waals surface area contributed by atoms with E-state index >= 15 is 0 Å². The Bertz CT molecular complexity index is 608. The number of esters is 1. The summed E-state index contributed by atoms with van der Waals surface area (Å²) in [4.78, 5) is 23.3. The van der Waals surface area contributed by atoms with Crippen LogP contribution in [0.5, 0.6) is 0 Å². The number of ether oxygens (including phenoxy) is 1. The Balaban J connectivity index is 1.90. The number of ketones is 1. The first kappa shape index (κ1) is 14.9. The molecule has 0 atom stereocenters. The van der Waals surface area contributed by atoms with Gasteiger partial charge in [0.25, 0.3) is 0 Å². The molecule has 0 fully saturated rings. The molecule has 6 nitrogen and oxygen atoms in total. The van der Waals surface area contributed by atoms with Crippen molar-refractivity contribution in [1.82, 2.24) is 15.0 Å². The van der Waals surface area contributed by atoms with Crippen molar-refractivity contribution in [2.45, 2.75) is 26.3 Å². The fourth-order valence-corrected chi connectivity index (χ4v) is 1.87. The predicted octanol–water partition coefficient (Wildman–Crippen LogP) is 1.85. The van der Waals surface area contributed by atoms with Gasteiger partial charge in [-0.2, -0.15) is 0 Å². The monoisotopic (exact) mass is 287 g/mol. The van der Waals surface area contributed by atoms with Gasteiger partial charge in [-0.05, 0) is 13.3 Å². The number of carbonyl (C=O) groups is 2. The molecular formula is C15H17N3O3. The Morgan fingerprint density at radius 3 is 2.71 bits per heavy atom. The second-order valence-corrected chi connectivity index (χ2v) is 4.47. The van der Waals surface area contributed by atoms with Gasteiger partial charge < -0.3 is 4.74 Å². The molecule has 0 N–H and O–H groups in total. The van der Waals surface area contributed by atoms with E-state index in [9.17, 15) is 9.59 Å². The van der Waals surface area contributed by atoms with Gasteiger partial charge in [-0.25, -0.2) is 0 Å². The van der Waals surface area contributed by atoms with Gasteiger partial charge in [-0.15, -0.1) is 5.10 Å². The molecule has 2 aromatic rings. The molecule has 0 aliphatic heterocycles. The SMILES string of the molecule is CCOC(=O)CCCn1cc(C(=O)c2ccccc2)nn1. The quantitative estimate of drug-likeness (QED) is 0.574. The molecule has 2 rings (SSSR count). The molecule has 0 bridgehead atoms. The van der Waals surface area contributed by atoms with Crippen molar-refractivity contribution < 1.29 is 14.3 Å². The highest BCUT2D eigenvalue weighted by atomic mass is 16.5. The maximum Gasteiger partial charge on any atom is 0.305 e. The predicted molar refractivity (Wildman–Crippen MR) is 75.8 cm³/mol. The Hall–Kier alpha value is -2.50. The van der Waals surface area contributed by atoms with Crippen molar-refractivity contribution in [2.24, 2.45) is 0 Å². The first-order chi connectivity index (χ1) is 10.2. The summed E-state index contributed by atoms with van der Waals surface area (Å²) < 4.78 is 6.41. The van der Waals surface area contributed by atoms with Crippen LogP contribution in [0.1, 0.15) is 35.8 Å². The van der Waals surface area contributed by atoms with Crippen molar-refractivity contribution in [3.05, 3.63) is 47.8 Å². The Labute approximate surface area is 122 Å². The van der Waals surface area contributed by atoms with Crippen LogP contribution in [-0.2, 0) is 16.1 Å². The Morgan fingerprint density at radius 1 is 1.24 bits per heavy atom. The van der Waals surface area contributed by atoms with Gasteiger partial charge in [0.2, 0.25) is 5.78 Å². The third kappa shape index (κ3) is 4.24. The zero-order valence-electron chi connectivity index (χ0n) is 11.9. The van der Waals surface area contributed by atoms with Gasteiger partial charge in [0.05, 0.1) is 12.8 Å². The van der Waals surface area contributed by atoms with Crippen molar-refractivity contribution in [3.8, 4) is 0 Å². The highest BCUT2D eigenvalue weighted by Crippen LogP contribution is 2.07. The smallest absolute Gasteiger partial charge is 0.305 e. The number of rotatable bonds is 7. The second-order valence-electron chi connectivity index (χ2n) is 4.47. The molecule has 0 saturated heterocycles. The summed E-state index contributed by atoms with van der Waals surface area (Å²) in [6.07, 6.45) is 2.53. The van der Waals surface area contributed by atoms with E-state index in [0.717, 1.165) is 0 Å². The number of nitrogens with zero attached hydrogens (tertiary/aromatic N) is 3. The highest BCUT2D eigenvalue weighted by molar-refractivity contribution is 6.07. The number of aryl methyl sites for hydroxylation is 1.